The van der Waals surface area contributed by atoms with Crippen molar-refractivity contribution < 1.29 is 13.3 Å². The zero-order valence-corrected chi connectivity index (χ0v) is 12.1. The molecule has 1 aromatic carbocycles. The lowest BCUT2D eigenvalue weighted by Crippen LogP contribution is -1.91. The summed E-state index contributed by atoms with van der Waals surface area (Å²) in [5.74, 6) is -1.45. The number of rotatable bonds is 2. The number of nitrogens with zero attached hydrogens (tertiary/aromatic N) is 2. The van der Waals surface area contributed by atoms with E-state index >= 15 is 0 Å². The monoisotopic (exact) mass is 311 g/mol. The Balaban J connectivity index is 2.01. The van der Waals surface area contributed by atoms with Gasteiger partial charge in [-0.3, -0.25) is 0 Å². The Morgan fingerprint density at radius 2 is 1.96 bits per heavy atom. The van der Waals surface area contributed by atoms with Crippen LogP contribution in [0, 0.1) is 18.6 Å². The predicted octanol–water partition coefficient (Wildman–Crippen LogP) is 4.47. The van der Waals surface area contributed by atoms with Crippen LogP contribution in [0.3, 0.4) is 0 Å². The topological polar surface area (TPSA) is 54.7 Å². The molecule has 4 nitrogen and oxygen atoms in total. The average molecular weight is 311 g/mol. The highest BCUT2D eigenvalue weighted by atomic mass is 19.2. The van der Waals surface area contributed by atoms with Gasteiger partial charge in [0.15, 0.2) is 17.4 Å². The normalized spacial score (nSPS) is 11.3. The third-order valence-corrected chi connectivity index (χ3v) is 3.78. The molecule has 4 rings (SSSR count). The summed E-state index contributed by atoms with van der Waals surface area (Å²) in [5, 5.41) is 4.75. The molecule has 0 unspecified atom stereocenters. The zero-order valence-electron chi connectivity index (χ0n) is 12.1. The Bertz CT molecular complexity index is 1020. The zero-order chi connectivity index (χ0) is 16.0. The first-order valence-corrected chi connectivity index (χ1v) is 7.00. The maximum absolute atomic E-state index is 14.2. The molecule has 0 atom stereocenters. The minimum Gasteiger partial charge on any atom is -0.355 e. The Morgan fingerprint density at radius 3 is 2.83 bits per heavy atom. The Kier molecular flexibility index (Phi) is 2.97. The number of hydrogen-bond donors (Lipinski definition) is 1. The number of aromatic nitrogens is 3. The van der Waals surface area contributed by atoms with Crippen LogP contribution in [-0.2, 0) is 0 Å². The van der Waals surface area contributed by atoms with Gasteiger partial charge in [-0.1, -0.05) is 17.3 Å². The lowest BCUT2D eigenvalue weighted by Gasteiger charge is -2.04. The van der Waals surface area contributed by atoms with Crippen LogP contribution in [0.1, 0.15) is 5.69 Å². The number of H-pyrrole nitrogens is 1. The number of pyridine rings is 1. The quantitative estimate of drug-likeness (QED) is 0.594. The molecule has 6 heteroatoms. The first-order chi connectivity index (χ1) is 11.2. The largest absolute Gasteiger partial charge is 0.355 e. The van der Waals surface area contributed by atoms with Crippen LogP contribution in [0.5, 0.6) is 0 Å². The summed E-state index contributed by atoms with van der Waals surface area (Å²) in [4.78, 5) is 7.25. The molecule has 114 valence electrons. The molecule has 23 heavy (non-hydrogen) atoms. The summed E-state index contributed by atoms with van der Waals surface area (Å²) in [6.07, 6.45) is 3.39. The van der Waals surface area contributed by atoms with Crippen LogP contribution in [-0.4, -0.2) is 15.1 Å². The Labute approximate surface area is 129 Å². The fraction of sp³-hybridized carbons (Fsp3) is 0.0588. The van der Waals surface area contributed by atoms with E-state index in [1.807, 2.05) is 6.07 Å². The summed E-state index contributed by atoms with van der Waals surface area (Å²) in [5.41, 5.74) is 2.43. The van der Waals surface area contributed by atoms with Gasteiger partial charge in [-0.25, -0.2) is 13.8 Å². The van der Waals surface area contributed by atoms with Crippen molar-refractivity contribution in [3.8, 4) is 22.5 Å². The van der Waals surface area contributed by atoms with Crippen LogP contribution in [0.4, 0.5) is 8.78 Å². The van der Waals surface area contributed by atoms with Crippen molar-refractivity contribution >= 4 is 11.0 Å². The molecule has 0 spiro atoms. The highest BCUT2D eigenvalue weighted by molar-refractivity contribution is 5.96. The van der Waals surface area contributed by atoms with E-state index in [0.29, 0.717) is 28.2 Å². The molecular formula is C17H11F2N3O. The molecule has 0 aliphatic carbocycles. The van der Waals surface area contributed by atoms with Gasteiger partial charge in [0.1, 0.15) is 5.65 Å². The summed E-state index contributed by atoms with van der Waals surface area (Å²) in [6, 6.07) is 7.72. The Hall–Kier alpha value is -3.02. The number of hydrogen-bond acceptors (Lipinski definition) is 3. The van der Waals surface area contributed by atoms with E-state index in [2.05, 4.69) is 15.1 Å². The molecule has 4 aromatic rings. The van der Waals surface area contributed by atoms with E-state index in [1.165, 1.54) is 12.1 Å². The molecule has 0 aliphatic rings. The lowest BCUT2D eigenvalue weighted by molar-refractivity contribution is 0.427. The highest BCUT2D eigenvalue weighted by Crippen LogP contribution is 2.39. The standard InChI is InChI=1S/C17H11F2N3O/c1-9-14(11-4-2-6-13(18)15(11)19)16(23-22-9)12-8-21-17-10(12)5-3-7-20-17/h2-8H,1H3,(H,20,21). The van der Waals surface area contributed by atoms with Crippen molar-refractivity contribution in [3.05, 3.63) is 60.1 Å². The molecule has 0 fully saturated rings. The molecule has 0 bridgehead atoms. The molecule has 1 N–H and O–H groups in total. The second-order valence-corrected chi connectivity index (χ2v) is 5.18. The van der Waals surface area contributed by atoms with Crippen LogP contribution in [0.15, 0.2) is 47.2 Å². The SMILES string of the molecule is Cc1noc(-c2c[nH]c3ncccc23)c1-c1cccc(F)c1F. The third-order valence-electron chi connectivity index (χ3n) is 3.78. The first-order valence-electron chi connectivity index (χ1n) is 7.00. The van der Waals surface area contributed by atoms with Gasteiger partial charge < -0.3 is 9.51 Å². The van der Waals surface area contributed by atoms with Gasteiger partial charge in [-0.2, -0.15) is 0 Å². The Morgan fingerprint density at radius 1 is 1.09 bits per heavy atom. The molecule has 3 aromatic heterocycles. The fourth-order valence-corrected chi connectivity index (χ4v) is 2.71. The van der Waals surface area contributed by atoms with Gasteiger partial charge in [0.25, 0.3) is 0 Å². The molecule has 0 saturated carbocycles. The smallest absolute Gasteiger partial charge is 0.177 e. The van der Waals surface area contributed by atoms with Crippen LogP contribution < -0.4 is 0 Å². The fourth-order valence-electron chi connectivity index (χ4n) is 2.71. The van der Waals surface area contributed by atoms with Crippen LogP contribution in [0.25, 0.3) is 33.5 Å². The molecule has 0 aliphatic heterocycles. The average Bonchev–Trinajstić information content (AvgIpc) is 3.14. The van der Waals surface area contributed by atoms with E-state index in [4.69, 9.17) is 4.52 Å². The van der Waals surface area contributed by atoms with Crippen molar-refractivity contribution in [2.75, 3.05) is 0 Å². The number of fused-ring (bicyclic) bond motifs is 1. The maximum Gasteiger partial charge on any atom is 0.177 e. The highest BCUT2D eigenvalue weighted by Gasteiger charge is 2.23. The van der Waals surface area contributed by atoms with Gasteiger partial charge in [0, 0.05) is 28.9 Å². The number of benzene rings is 1. The molecular weight excluding hydrogens is 300 g/mol. The number of aromatic amines is 1. The van der Waals surface area contributed by atoms with Gasteiger partial charge in [-0.05, 0) is 25.1 Å². The number of halogens is 2. The van der Waals surface area contributed by atoms with Crippen molar-refractivity contribution in [3.63, 3.8) is 0 Å². The number of nitrogens with one attached hydrogen (secondary N) is 1. The van der Waals surface area contributed by atoms with E-state index < -0.39 is 11.6 Å². The van der Waals surface area contributed by atoms with Crippen molar-refractivity contribution in [2.24, 2.45) is 0 Å². The second kappa shape index (κ2) is 5.01. The minimum absolute atomic E-state index is 0.122. The third kappa shape index (κ3) is 2.03. The summed E-state index contributed by atoms with van der Waals surface area (Å²) in [6.45, 7) is 1.69. The molecule has 0 amide bonds. The summed E-state index contributed by atoms with van der Waals surface area (Å²) in [7, 11) is 0. The lowest BCUT2D eigenvalue weighted by atomic mass is 9.99. The maximum atomic E-state index is 14.2. The summed E-state index contributed by atoms with van der Waals surface area (Å²) < 4.78 is 33.2. The van der Waals surface area contributed by atoms with E-state index in [-0.39, 0.29) is 5.56 Å². The van der Waals surface area contributed by atoms with E-state index in [1.54, 1.807) is 25.4 Å². The summed E-state index contributed by atoms with van der Waals surface area (Å²) >= 11 is 0. The first kappa shape index (κ1) is 13.6. The van der Waals surface area contributed by atoms with Crippen molar-refractivity contribution in [2.45, 2.75) is 6.92 Å². The molecule has 0 radical (unpaired) electrons. The van der Waals surface area contributed by atoms with Crippen LogP contribution >= 0.6 is 0 Å². The van der Waals surface area contributed by atoms with E-state index in [0.717, 1.165) is 11.5 Å². The van der Waals surface area contributed by atoms with Gasteiger partial charge >= 0.3 is 0 Å². The van der Waals surface area contributed by atoms with Crippen molar-refractivity contribution in [1.29, 1.82) is 0 Å². The van der Waals surface area contributed by atoms with Crippen LogP contribution in [0.2, 0.25) is 0 Å². The number of aryl methyl sites for hydroxylation is 1. The van der Waals surface area contributed by atoms with Gasteiger partial charge in [0.2, 0.25) is 0 Å². The van der Waals surface area contributed by atoms with Gasteiger partial charge in [-0.15, -0.1) is 0 Å². The molecule has 3 heterocycles. The second-order valence-electron chi connectivity index (χ2n) is 5.18. The van der Waals surface area contributed by atoms with E-state index in [9.17, 15) is 8.78 Å². The molecule has 0 saturated heterocycles. The van der Waals surface area contributed by atoms with Gasteiger partial charge in [0.05, 0.1) is 11.3 Å². The minimum atomic E-state index is -0.919. The predicted molar refractivity (Wildman–Crippen MR) is 81.7 cm³/mol. The van der Waals surface area contributed by atoms with Crippen molar-refractivity contribution in [1.82, 2.24) is 15.1 Å².